The average Bonchev–Trinajstić information content (AvgIpc) is 2.77. The van der Waals surface area contributed by atoms with E-state index < -0.39 is 0 Å². The number of ether oxygens (including phenoxy) is 1. The second-order valence-electron chi connectivity index (χ2n) is 4.41. The number of hydrogen-bond donors (Lipinski definition) is 2. The first kappa shape index (κ1) is 11.9. The van der Waals surface area contributed by atoms with Gasteiger partial charge in [0.15, 0.2) is 0 Å². The van der Waals surface area contributed by atoms with Crippen LogP contribution in [-0.4, -0.2) is 25.2 Å². The third-order valence-corrected chi connectivity index (χ3v) is 3.24. The Morgan fingerprint density at radius 2 is 2.06 bits per heavy atom. The molecule has 1 amide bonds. The molecule has 4 nitrogen and oxygen atoms in total. The highest BCUT2D eigenvalue weighted by atomic mass is 16.5. The van der Waals surface area contributed by atoms with E-state index in [0.717, 1.165) is 19.3 Å². The summed E-state index contributed by atoms with van der Waals surface area (Å²) in [5.74, 6) is -0.0565. The van der Waals surface area contributed by atoms with Gasteiger partial charge in [0.2, 0.25) is 0 Å². The van der Waals surface area contributed by atoms with Crippen molar-refractivity contribution in [3.63, 3.8) is 0 Å². The van der Waals surface area contributed by atoms with Crippen LogP contribution in [-0.2, 0) is 4.74 Å². The molecule has 1 aliphatic carbocycles. The van der Waals surface area contributed by atoms with Crippen LogP contribution in [0, 0.1) is 0 Å². The Morgan fingerprint density at radius 1 is 1.35 bits per heavy atom. The van der Waals surface area contributed by atoms with Crippen molar-refractivity contribution >= 4 is 11.6 Å². The van der Waals surface area contributed by atoms with Gasteiger partial charge in [-0.05, 0) is 43.5 Å². The number of carbonyl (C=O) groups excluding carboxylic acids is 1. The van der Waals surface area contributed by atoms with E-state index in [1.807, 2.05) is 0 Å². The topological polar surface area (TPSA) is 64.3 Å². The maximum absolute atomic E-state index is 12.0. The lowest BCUT2D eigenvalue weighted by Gasteiger charge is -2.19. The van der Waals surface area contributed by atoms with E-state index in [0.29, 0.717) is 11.3 Å². The Bertz CT molecular complexity index is 389. The van der Waals surface area contributed by atoms with Crippen LogP contribution in [0.1, 0.15) is 29.6 Å². The van der Waals surface area contributed by atoms with E-state index in [1.165, 1.54) is 0 Å². The van der Waals surface area contributed by atoms with Crippen LogP contribution in [0.15, 0.2) is 24.3 Å². The zero-order valence-electron chi connectivity index (χ0n) is 9.98. The lowest BCUT2D eigenvalue weighted by molar-refractivity contribution is 0.0722. The Kier molecular flexibility index (Phi) is 3.64. The summed E-state index contributed by atoms with van der Waals surface area (Å²) in [6, 6.07) is 7.07. The fourth-order valence-electron chi connectivity index (χ4n) is 2.26. The zero-order valence-corrected chi connectivity index (χ0v) is 9.98. The first-order chi connectivity index (χ1) is 8.20. The van der Waals surface area contributed by atoms with Gasteiger partial charge >= 0.3 is 0 Å². The molecule has 2 rings (SSSR count). The van der Waals surface area contributed by atoms with Gasteiger partial charge in [0.05, 0.1) is 12.1 Å². The van der Waals surface area contributed by atoms with Crippen molar-refractivity contribution in [1.82, 2.24) is 5.32 Å². The van der Waals surface area contributed by atoms with Gasteiger partial charge in [0, 0.05) is 18.4 Å². The number of nitrogens with two attached hydrogens (primary N) is 1. The maximum Gasteiger partial charge on any atom is 0.251 e. The van der Waals surface area contributed by atoms with E-state index in [2.05, 4.69) is 5.32 Å². The Morgan fingerprint density at radius 3 is 2.71 bits per heavy atom. The summed E-state index contributed by atoms with van der Waals surface area (Å²) in [4.78, 5) is 12.0. The van der Waals surface area contributed by atoms with E-state index in [-0.39, 0.29) is 18.1 Å². The van der Waals surface area contributed by atoms with Gasteiger partial charge < -0.3 is 15.8 Å². The molecule has 92 valence electrons. The summed E-state index contributed by atoms with van der Waals surface area (Å²) in [6.07, 6.45) is 3.25. The van der Waals surface area contributed by atoms with Gasteiger partial charge in [0.25, 0.3) is 5.91 Å². The van der Waals surface area contributed by atoms with Crippen LogP contribution in [0.25, 0.3) is 0 Å². The second-order valence-corrected chi connectivity index (χ2v) is 4.41. The highest BCUT2D eigenvalue weighted by Crippen LogP contribution is 2.21. The van der Waals surface area contributed by atoms with E-state index in [4.69, 9.17) is 10.5 Å². The minimum atomic E-state index is -0.0565. The van der Waals surface area contributed by atoms with Gasteiger partial charge in [0.1, 0.15) is 0 Å². The molecule has 2 unspecified atom stereocenters. The molecule has 3 N–H and O–H groups in total. The number of nitrogens with one attached hydrogen (secondary N) is 1. The predicted octanol–water partition coefficient (Wildman–Crippen LogP) is 1.57. The smallest absolute Gasteiger partial charge is 0.251 e. The van der Waals surface area contributed by atoms with Crippen molar-refractivity contribution < 1.29 is 9.53 Å². The van der Waals surface area contributed by atoms with Gasteiger partial charge in [-0.3, -0.25) is 4.79 Å². The molecular weight excluding hydrogens is 216 g/mol. The summed E-state index contributed by atoms with van der Waals surface area (Å²) in [7, 11) is 1.69. The second kappa shape index (κ2) is 5.19. The van der Waals surface area contributed by atoms with Gasteiger partial charge in [-0.1, -0.05) is 0 Å². The largest absolute Gasteiger partial charge is 0.399 e. The van der Waals surface area contributed by atoms with Crippen molar-refractivity contribution in [1.29, 1.82) is 0 Å². The maximum atomic E-state index is 12.0. The Labute approximate surface area is 101 Å². The summed E-state index contributed by atoms with van der Waals surface area (Å²) in [5, 5.41) is 3.01. The molecule has 0 aromatic heterocycles. The molecular formula is C13H18N2O2. The molecule has 0 saturated heterocycles. The highest BCUT2D eigenvalue weighted by molar-refractivity contribution is 5.94. The SMILES string of the molecule is COC1CCCC1NC(=O)c1ccc(N)cc1. The van der Waals surface area contributed by atoms with Crippen LogP contribution in [0.3, 0.4) is 0 Å². The molecule has 1 aromatic carbocycles. The molecule has 4 heteroatoms. The van der Waals surface area contributed by atoms with Gasteiger partial charge in [-0.25, -0.2) is 0 Å². The summed E-state index contributed by atoms with van der Waals surface area (Å²) < 4.78 is 5.34. The predicted molar refractivity (Wildman–Crippen MR) is 66.8 cm³/mol. The van der Waals surface area contributed by atoms with Crippen LogP contribution in [0.2, 0.25) is 0 Å². The van der Waals surface area contributed by atoms with E-state index in [1.54, 1.807) is 31.4 Å². The molecule has 1 saturated carbocycles. The molecule has 17 heavy (non-hydrogen) atoms. The molecule has 0 spiro atoms. The quantitative estimate of drug-likeness (QED) is 0.780. The van der Waals surface area contributed by atoms with Crippen molar-refractivity contribution in [2.75, 3.05) is 12.8 Å². The Balaban J connectivity index is 1.99. The normalized spacial score (nSPS) is 23.6. The third kappa shape index (κ3) is 2.77. The minimum absolute atomic E-state index is 0.0565. The molecule has 0 bridgehead atoms. The molecule has 2 atom stereocenters. The number of carbonyl (C=O) groups is 1. The highest BCUT2D eigenvalue weighted by Gasteiger charge is 2.28. The lowest BCUT2D eigenvalue weighted by atomic mass is 10.1. The number of nitrogen functional groups attached to an aromatic ring is 1. The lowest BCUT2D eigenvalue weighted by Crippen LogP contribution is -2.40. The van der Waals surface area contributed by atoms with E-state index in [9.17, 15) is 4.79 Å². The summed E-state index contributed by atoms with van der Waals surface area (Å²) >= 11 is 0. The molecule has 0 heterocycles. The molecule has 1 aliphatic rings. The first-order valence-corrected chi connectivity index (χ1v) is 5.90. The fourth-order valence-corrected chi connectivity index (χ4v) is 2.26. The van der Waals surface area contributed by atoms with Crippen LogP contribution in [0.4, 0.5) is 5.69 Å². The van der Waals surface area contributed by atoms with E-state index >= 15 is 0 Å². The summed E-state index contributed by atoms with van der Waals surface area (Å²) in [6.45, 7) is 0. The van der Waals surface area contributed by atoms with Gasteiger partial charge in [-0.15, -0.1) is 0 Å². The standard InChI is InChI=1S/C13H18N2O2/c1-17-12-4-2-3-11(12)15-13(16)9-5-7-10(14)8-6-9/h5-8,11-12H,2-4,14H2,1H3,(H,15,16). The number of hydrogen-bond acceptors (Lipinski definition) is 3. The minimum Gasteiger partial charge on any atom is -0.399 e. The number of amides is 1. The average molecular weight is 234 g/mol. The van der Waals surface area contributed by atoms with Crippen molar-refractivity contribution in [2.24, 2.45) is 0 Å². The number of methoxy groups -OCH3 is 1. The van der Waals surface area contributed by atoms with Crippen LogP contribution >= 0.6 is 0 Å². The number of benzene rings is 1. The van der Waals surface area contributed by atoms with Crippen LogP contribution < -0.4 is 11.1 Å². The first-order valence-electron chi connectivity index (χ1n) is 5.90. The van der Waals surface area contributed by atoms with Crippen molar-refractivity contribution in [3.05, 3.63) is 29.8 Å². The fraction of sp³-hybridized carbons (Fsp3) is 0.462. The van der Waals surface area contributed by atoms with Crippen molar-refractivity contribution in [3.8, 4) is 0 Å². The van der Waals surface area contributed by atoms with Crippen molar-refractivity contribution in [2.45, 2.75) is 31.4 Å². The number of rotatable bonds is 3. The molecule has 1 aromatic rings. The number of anilines is 1. The van der Waals surface area contributed by atoms with Gasteiger partial charge in [-0.2, -0.15) is 0 Å². The monoisotopic (exact) mass is 234 g/mol. The Hall–Kier alpha value is -1.55. The molecule has 0 aliphatic heterocycles. The van der Waals surface area contributed by atoms with Crippen LogP contribution in [0.5, 0.6) is 0 Å². The molecule has 1 fully saturated rings. The molecule has 0 radical (unpaired) electrons. The summed E-state index contributed by atoms with van der Waals surface area (Å²) in [5.41, 5.74) is 6.89. The zero-order chi connectivity index (χ0) is 12.3. The third-order valence-electron chi connectivity index (χ3n) is 3.24.